The Morgan fingerprint density at radius 3 is 2.91 bits per heavy atom. The lowest BCUT2D eigenvalue weighted by Crippen LogP contribution is -2.78. The molecule has 0 saturated carbocycles. The van der Waals surface area contributed by atoms with E-state index in [4.69, 9.17) is 10.00 Å². The number of carbonyl (C=O) groups excluding carboxylic acids is 1. The maximum absolute atomic E-state index is 12.7. The highest BCUT2D eigenvalue weighted by molar-refractivity contribution is 8.13. The van der Waals surface area contributed by atoms with Gasteiger partial charge in [-0.1, -0.05) is 30.3 Å². The number of nitriles is 1. The highest BCUT2D eigenvalue weighted by Gasteiger charge is 2.33. The number of likely N-dealkylation sites (N-methyl/N-ethyl adjacent to an activating group) is 1. The van der Waals surface area contributed by atoms with Crippen molar-refractivity contribution in [3.05, 3.63) is 42.2 Å². The molecule has 22 heavy (non-hydrogen) atoms. The summed E-state index contributed by atoms with van der Waals surface area (Å²) < 4.78 is 5.06. The Balaban J connectivity index is 2.20. The fourth-order valence-electron chi connectivity index (χ4n) is 2.10. The summed E-state index contributed by atoms with van der Waals surface area (Å²) in [6.07, 6.45) is 1.89. The van der Waals surface area contributed by atoms with Gasteiger partial charge in [-0.3, -0.25) is 4.99 Å². The van der Waals surface area contributed by atoms with Crippen molar-refractivity contribution < 1.29 is 14.5 Å². The Morgan fingerprint density at radius 1 is 1.55 bits per heavy atom. The van der Waals surface area contributed by atoms with Crippen molar-refractivity contribution in [2.75, 3.05) is 19.9 Å². The summed E-state index contributed by atoms with van der Waals surface area (Å²) in [5, 5.41) is 9.52. The van der Waals surface area contributed by atoms with Crippen LogP contribution in [-0.2, 0) is 9.53 Å². The molecule has 0 saturated heterocycles. The van der Waals surface area contributed by atoms with Gasteiger partial charge >= 0.3 is 11.1 Å². The molecule has 1 aliphatic rings. The van der Waals surface area contributed by atoms with Gasteiger partial charge in [-0.2, -0.15) is 10.2 Å². The number of rotatable bonds is 4. The van der Waals surface area contributed by atoms with Gasteiger partial charge in [0.2, 0.25) is 0 Å². The van der Waals surface area contributed by atoms with E-state index in [-0.39, 0.29) is 11.9 Å². The number of hydrogen-bond donors (Lipinski definition) is 1. The molecule has 0 spiro atoms. The first-order valence-corrected chi connectivity index (χ1v) is 7.85. The van der Waals surface area contributed by atoms with Gasteiger partial charge in [0.1, 0.15) is 11.6 Å². The van der Waals surface area contributed by atoms with E-state index in [2.05, 4.69) is 11.1 Å². The fourth-order valence-corrected chi connectivity index (χ4v) is 3.19. The molecule has 5 nitrogen and oxygen atoms in total. The van der Waals surface area contributed by atoms with Crippen LogP contribution < -0.4 is 4.99 Å². The molecule has 0 fully saturated rings. The van der Waals surface area contributed by atoms with E-state index in [1.807, 2.05) is 30.3 Å². The van der Waals surface area contributed by atoms with Gasteiger partial charge in [0, 0.05) is 5.75 Å². The summed E-state index contributed by atoms with van der Waals surface area (Å²) >= 11 is 1.55. The first-order valence-electron chi connectivity index (χ1n) is 6.87. The largest absolute Gasteiger partial charge is 0.503 e. The van der Waals surface area contributed by atoms with Crippen molar-refractivity contribution in [1.82, 2.24) is 4.90 Å². The van der Waals surface area contributed by atoms with Crippen LogP contribution in [0.25, 0.3) is 5.57 Å². The SMILES string of the molecule is CO/C=C(/C(=O)N(C)C1=[NH+]C(CC#N)CS1)c1ccccc1. The topological polar surface area (TPSA) is 67.3 Å². The van der Waals surface area contributed by atoms with Crippen LogP contribution in [0.1, 0.15) is 12.0 Å². The first-order chi connectivity index (χ1) is 10.7. The summed E-state index contributed by atoms with van der Waals surface area (Å²) in [6.45, 7) is 0. The summed E-state index contributed by atoms with van der Waals surface area (Å²) in [7, 11) is 3.24. The van der Waals surface area contributed by atoms with Crippen molar-refractivity contribution in [1.29, 1.82) is 5.26 Å². The fraction of sp³-hybridized carbons (Fsp3) is 0.312. The molecule has 1 heterocycles. The molecular formula is C16H18N3O2S+. The molecule has 6 heteroatoms. The predicted octanol–water partition coefficient (Wildman–Crippen LogP) is 0.598. The second kappa shape index (κ2) is 7.66. The van der Waals surface area contributed by atoms with E-state index in [1.54, 1.807) is 23.7 Å². The van der Waals surface area contributed by atoms with Gasteiger partial charge in [-0.15, -0.1) is 0 Å². The monoisotopic (exact) mass is 316 g/mol. The van der Waals surface area contributed by atoms with Gasteiger partial charge in [0.05, 0.1) is 32.9 Å². The number of nitrogens with one attached hydrogen (secondary N) is 1. The molecule has 1 aromatic carbocycles. The molecular weight excluding hydrogens is 298 g/mol. The van der Waals surface area contributed by atoms with Crippen LogP contribution in [0, 0.1) is 11.3 Å². The van der Waals surface area contributed by atoms with Crippen molar-refractivity contribution in [3.8, 4) is 6.07 Å². The zero-order valence-electron chi connectivity index (χ0n) is 12.6. The van der Waals surface area contributed by atoms with Crippen LogP contribution in [0.15, 0.2) is 36.6 Å². The number of carbonyl (C=O) groups is 1. The molecule has 0 radical (unpaired) electrons. The number of benzene rings is 1. The third-order valence-corrected chi connectivity index (χ3v) is 4.48. The van der Waals surface area contributed by atoms with E-state index in [0.717, 1.165) is 16.5 Å². The van der Waals surface area contributed by atoms with Crippen LogP contribution in [0.5, 0.6) is 0 Å². The van der Waals surface area contributed by atoms with Crippen LogP contribution >= 0.6 is 11.8 Å². The number of ether oxygens (including phenoxy) is 1. The van der Waals surface area contributed by atoms with Crippen LogP contribution in [-0.4, -0.2) is 41.9 Å². The average Bonchev–Trinajstić information content (AvgIpc) is 3.01. The van der Waals surface area contributed by atoms with Gasteiger partial charge in [-0.25, -0.2) is 4.79 Å². The van der Waals surface area contributed by atoms with Gasteiger partial charge in [0.15, 0.2) is 0 Å². The zero-order valence-corrected chi connectivity index (χ0v) is 13.4. The van der Waals surface area contributed by atoms with Gasteiger partial charge in [-0.05, 0) is 17.3 Å². The molecule has 1 aliphatic heterocycles. The maximum atomic E-state index is 12.7. The maximum Gasteiger partial charge on any atom is 0.345 e. The number of amidine groups is 1. The van der Waals surface area contributed by atoms with E-state index in [0.29, 0.717) is 12.0 Å². The Bertz CT molecular complexity index is 635. The lowest BCUT2D eigenvalue weighted by atomic mass is 10.1. The molecule has 1 atom stereocenters. The molecule has 1 unspecified atom stereocenters. The molecule has 1 N–H and O–H groups in total. The van der Waals surface area contributed by atoms with Crippen molar-refractivity contribution in [2.24, 2.45) is 0 Å². The van der Waals surface area contributed by atoms with Crippen molar-refractivity contribution >= 4 is 28.4 Å². The minimum Gasteiger partial charge on any atom is -0.503 e. The molecule has 2 rings (SSSR count). The summed E-state index contributed by atoms with van der Waals surface area (Å²) in [5.74, 6) is 0.635. The van der Waals surface area contributed by atoms with E-state index in [9.17, 15) is 4.79 Å². The summed E-state index contributed by atoms with van der Waals surface area (Å²) in [6, 6.07) is 11.6. The second-order valence-corrected chi connectivity index (χ2v) is 5.83. The average molecular weight is 316 g/mol. The predicted molar refractivity (Wildman–Crippen MR) is 86.6 cm³/mol. The lowest BCUT2D eigenvalue weighted by Gasteiger charge is -2.11. The smallest absolute Gasteiger partial charge is 0.345 e. The van der Waals surface area contributed by atoms with Crippen molar-refractivity contribution in [3.63, 3.8) is 0 Å². The Kier molecular flexibility index (Phi) is 5.61. The highest BCUT2D eigenvalue weighted by atomic mass is 32.2. The van der Waals surface area contributed by atoms with E-state index in [1.165, 1.54) is 13.4 Å². The second-order valence-electron chi connectivity index (χ2n) is 4.82. The lowest BCUT2D eigenvalue weighted by molar-refractivity contribution is -0.492. The minimum atomic E-state index is -0.152. The molecule has 1 aromatic rings. The van der Waals surface area contributed by atoms with Crippen LogP contribution in [0.4, 0.5) is 0 Å². The standard InChI is InChI=1S/C16H17N3O2S/c1-19(16-18-13(8-9-17)11-22-16)15(20)14(10-21-2)12-6-4-3-5-7-12/h3-7,10,13H,8,11H2,1-2H3/p+1/b14-10+. The van der Waals surface area contributed by atoms with Gasteiger partial charge < -0.3 is 4.74 Å². The quantitative estimate of drug-likeness (QED) is 0.652. The Hall–Kier alpha value is -2.26. The van der Waals surface area contributed by atoms with Crippen LogP contribution in [0.3, 0.4) is 0 Å². The van der Waals surface area contributed by atoms with Gasteiger partial charge in [0.25, 0.3) is 0 Å². The molecule has 1 amide bonds. The number of amides is 1. The summed E-state index contributed by atoms with van der Waals surface area (Å²) in [5.41, 5.74) is 1.29. The minimum absolute atomic E-state index is 0.0897. The number of hydrogen-bond acceptors (Lipinski definition) is 4. The highest BCUT2D eigenvalue weighted by Crippen LogP contribution is 2.19. The van der Waals surface area contributed by atoms with Crippen LogP contribution in [0.2, 0.25) is 0 Å². The normalized spacial score (nSPS) is 17.6. The van der Waals surface area contributed by atoms with Crippen molar-refractivity contribution in [2.45, 2.75) is 12.5 Å². The summed E-state index contributed by atoms with van der Waals surface area (Å²) in [4.78, 5) is 17.5. The van der Waals surface area contributed by atoms with E-state index < -0.39 is 0 Å². The first kappa shape index (κ1) is 16.1. The molecule has 0 aromatic heterocycles. The molecule has 114 valence electrons. The molecule has 0 aliphatic carbocycles. The third-order valence-electron chi connectivity index (χ3n) is 3.25. The Morgan fingerprint density at radius 2 is 2.27 bits per heavy atom. The zero-order chi connectivity index (χ0) is 15.9. The Labute approximate surface area is 134 Å². The third kappa shape index (κ3) is 3.68. The molecule has 0 bridgehead atoms. The van der Waals surface area contributed by atoms with E-state index >= 15 is 0 Å². The number of thioether (sulfide) groups is 1. The number of methoxy groups -OCH3 is 1. The number of nitrogens with zero attached hydrogens (tertiary/aromatic N) is 2.